The van der Waals surface area contributed by atoms with E-state index >= 15 is 0 Å². The summed E-state index contributed by atoms with van der Waals surface area (Å²) in [5.74, 6) is -0.132. The molecule has 1 aromatic heterocycles. The summed E-state index contributed by atoms with van der Waals surface area (Å²) in [5.41, 5.74) is 0. The molecular weight excluding hydrogens is 290 g/mol. The SMILES string of the molecule is COCCN1CCNC(CC(=O)NCc2cccs2)C1=O. The zero-order valence-electron chi connectivity index (χ0n) is 12.1. The monoisotopic (exact) mass is 311 g/mol. The molecule has 1 aliphatic heterocycles. The standard InChI is InChI=1S/C14H21N3O3S/c1-20-7-6-17-5-4-15-12(14(17)19)9-13(18)16-10-11-3-2-8-21-11/h2-3,8,12,15H,4-7,9-10H2,1H3,(H,16,18). The molecule has 0 bridgehead atoms. The van der Waals surface area contributed by atoms with Crippen LogP contribution in [0.4, 0.5) is 0 Å². The van der Waals surface area contributed by atoms with Crippen molar-refractivity contribution in [1.29, 1.82) is 0 Å². The molecule has 2 amide bonds. The maximum Gasteiger partial charge on any atom is 0.240 e. The zero-order chi connectivity index (χ0) is 15.1. The van der Waals surface area contributed by atoms with E-state index in [4.69, 9.17) is 4.74 Å². The Labute approximate surface area is 128 Å². The highest BCUT2D eigenvalue weighted by Crippen LogP contribution is 2.08. The summed E-state index contributed by atoms with van der Waals surface area (Å²) < 4.78 is 5.00. The number of nitrogens with one attached hydrogen (secondary N) is 2. The van der Waals surface area contributed by atoms with Gasteiger partial charge in [0.2, 0.25) is 11.8 Å². The fraction of sp³-hybridized carbons (Fsp3) is 0.571. The van der Waals surface area contributed by atoms with Gasteiger partial charge in [-0.25, -0.2) is 0 Å². The van der Waals surface area contributed by atoms with Crippen LogP contribution in [0.1, 0.15) is 11.3 Å². The summed E-state index contributed by atoms with van der Waals surface area (Å²) in [6.45, 7) is 2.98. The van der Waals surface area contributed by atoms with Crippen LogP contribution < -0.4 is 10.6 Å². The first-order chi connectivity index (χ1) is 10.2. The lowest BCUT2D eigenvalue weighted by Crippen LogP contribution is -2.56. The molecule has 1 aliphatic rings. The number of rotatable bonds is 7. The van der Waals surface area contributed by atoms with Crippen molar-refractivity contribution in [2.24, 2.45) is 0 Å². The maximum atomic E-state index is 12.2. The zero-order valence-corrected chi connectivity index (χ0v) is 12.9. The molecular formula is C14H21N3O3S. The van der Waals surface area contributed by atoms with E-state index in [1.54, 1.807) is 23.3 Å². The fourth-order valence-corrected chi connectivity index (χ4v) is 2.88. The van der Waals surface area contributed by atoms with E-state index in [9.17, 15) is 9.59 Å². The van der Waals surface area contributed by atoms with Gasteiger partial charge in [-0.15, -0.1) is 11.3 Å². The number of nitrogens with zero attached hydrogens (tertiary/aromatic N) is 1. The quantitative estimate of drug-likeness (QED) is 0.755. The van der Waals surface area contributed by atoms with Crippen molar-refractivity contribution in [2.75, 3.05) is 33.4 Å². The van der Waals surface area contributed by atoms with E-state index in [0.29, 0.717) is 32.8 Å². The summed E-state index contributed by atoms with van der Waals surface area (Å²) in [4.78, 5) is 27.0. The molecule has 1 fully saturated rings. The van der Waals surface area contributed by atoms with E-state index < -0.39 is 6.04 Å². The summed E-state index contributed by atoms with van der Waals surface area (Å²) >= 11 is 1.60. The lowest BCUT2D eigenvalue weighted by molar-refractivity contribution is -0.138. The Hall–Kier alpha value is -1.44. The first kappa shape index (κ1) is 15.9. The van der Waals surface area contributed by atoms with Gasteiger partial charge in [0.1, 0.15) is 0 Å². The number of piperazine rings is 1. The minimum Gasteiger partial charge on any atom is -0.383 e. The van der Waals surface area contributed by atoms with Crippen molar-refractivity contribution in [3.05, 3.63) is 22.4 Å². The van der Waals surface area contributed by atoms with Crippen LogP contribution in [0.25, 0.3) is 0 Å². The van der Waals surface area contributed by atoms with Gasteiger partial charge in [-0.3, -0.25) is 9.59 Å². The van der Waals surface area contributed by atoms with Gasteiger partial charge in [-0.1, -0.05) is 6.07 Å². The molecule has 0 aromatic carbocycles. The van der Waals surface area contributed by atoms with Crippen LogP contribution in [0.5, 0.6) is 0 Å². The Balaban J connectivity index is 1.77. The molecule has 2 rings (SSSR count). The molecule has 1 saturated heterocycles. The first-order valence-electron chi connectivity index (χ1n) is 7.01. The molecule has 1 unspecified atom stereocenters. The number of carbonyl (C=O) groups excluding carboxylic acids is 2. The summed E-state index contributed by atoms with van der Waals surface area (Å²) in [6.07, 6.45) is 0.174. The smallest absolute Gasteiger partial charge is 0.240 e. The van der Waals surface area contributed by atoms with Crippen LogP contribution in [0.15, 0.2) is 17.5 Å². The Morgan fingerprint density at radius 2 is 2.48 bits per heavy atom. The molecule has 21 heavy (non-hydrogen) atoms. The molecule has 0 radical (unpaired) electrons. The van der Waals surface area contributed by atoms with E-state index in [2.05, 4.69) is 10.6 Å². The molecule has 116 valence electrons. The average molecular weight is 311 g/mol. The van der Waals surface area contributed by atoms with E-state index in [-0.39, 0.29) is 18.2 Å². The van der Waals surface area contributed by atoms with Crippen molar-refractivity contribution in [3.63, 3.8) is 0 Å². The number of hydrogen-bond acceptors (Lipinski definition) is 5. The predicted molar refractivity (Wildman–Crippen MR) is 81.0 cm³/mol. The van der Waals surface area contributed by atoms with E-state index in [0.717, 1.165) is 4.88 Å². The molecule has 1 aromatic rings. The van der Waals surface area contributed by atoms with Crippen molar-refractivity contribution < 1.29 is 14.3 Å². The highest BCUT2D eigenvalue weighted by Gasteiger charge is 2.29. The third-order valence-corrected chi connectivity index (χ3v) is 4.25. The Kier molecular flexibility index (Phi) is 6.16. The fourth-order valence-electron chi connectivity index (χ4n) is 2.23. The molecule has 1 atom stereocenters. The first-order valence-corrected chi connectivity index (χ1v) is 7.89. The van der Waals surface area contributed by atoms with Gasteiger partial charge in [-0.05, 0) is 11.4 Å². The number of amides is 2. The minimum absolute atomic E-state index is 0.0235. The lowest BCUT2D eigenvalue weighted by Gasteiger charge is -2.32. The summed E-state index contributed by atoms with van der Waals surface area (Å²) in [5, 5.41) is 7.93. The number of thiophene rings is 1. The van der Waals surface area contributed by atoms with Gasteiger partial charge >= 0.3 is 0 Å². The van der Waals surface area contributed by atoms with Crippen molar-refractivity contribution in [1.82, 2.24) is 15.5 Å². The second-order valence-electron chi connectivity index (χ2n) is 4.89. The van der Waals surface area contributed by atoms with Crippen LogP contribution in [-0.2, 0) is 20.9 Å². The van der Waals surface area contributed by atoms with Gasteiger partial charge in [0.05, 0.1) is 25.6 Å². The van der Waals surface area contributed by atoms with Gasteiger partial charge < -0.3 is 20.3 Å². The maximum absolute atomic E-state index is 12.2. The normalized spacial score (nSPS) is 18.8. The summed E-state index contributed by atoms with van der Waals surface area (Å²) in [6, 6.07) is 3.49. The van der Waals surface area contributed by atoms with Crippen molar-refractivity contribution in [2.45, 2.75) is 19.0 Å². The van der Waals surface area contributed by atoms with Gasteiger partial charge in [0, 0.05) is 31.6 Å². The molecule has 0 aliphatic carbocycles. The van der Waals surface area contributed by atoms with Crippen molar-refractivity contribution >= 4 is 23.2 Å². The summed E-state index contributed by atoms with van der Waals surface area (Å²) in [7, 11) is 1.61. The molecule has 0 spiro atoms. The Bertz CT molecular complexity index is 464. The van der Waals surface area contributed by atoms with Crippen LogP contribution >= 0.6 is 11.3 Å². The highest BCUT2D eigenvalue weighted by atomic mass is 32.1. The van der Waals surface area contributed by atoms with E-state index in [1.165, 1.54) is 0 Å². The average Bonchev–Trinajstić information content (AvgIpc) is 2.99. The largest absolute Gasteiger partial charge is 0.383 e. The number of ether oxygens (including phenoxy) is 1. The van der Waals surface area contributed by atoms with Crippen LogP contribution in [-0.4, -0.2) is 56.1 Å². The molecule has 0 saturated carbocycles. The molecule has 2 N–H and O–H groups in total. The van der Waals surface area contributed by atoms with Crippen LogP contribution in [0.2, 0.25) is 0 Å². The predicted octanol–water partition coefficient (Wildman–Crippen LogP) is 0.201. The number of methoxy groups -OCH3 is 1. The van der Waals surface area contributed by atoms with Crippen molar-refractivity contribution in [3.8, 4) is 0 Å². The minimum atomic E-state index is -0.432. The van der Waals surface area contributed by atoms with E-state index in [1.807, 2.05) is 17.5 Å². The third-order valence-electron chi connectivity index (χ3n) is 3.38. The Morgan fingerprint density at radius 3 is 3.19 bits per heavy atom. The third kappa shape index (κ3) is 4.80. The highest BCUT2D eigenvalue weighted by molar-refractivity contribution is 7.09. The molecule has 6 nitrogen and oxygen atoms in total. The number of carbonyl (C=O) groups is 2. The van der Waals surface area contributed by atoms with Crippen LogP contribution in [0, 0.1) is 0 Å². The van der Waals surface area contributed by atoms with Crippen LogP contribution in [0.3, 0.4) is 0 Å². The number of hydrogen-bond donors (Lipinski definition) is 2. The van der Waals surface area contributed by atoms with Gasteiger partial charge in [0.15, 0.2) is 0 Å². The Morgan fingerprint density at radius 1 is 1.62 bits per heavy atom. The molecule has 7 heteroatoms. The molecule has 2 heterocycles. The van der Waals surface area contributed by atoms with Gasteiger partial charge in [0.25, 0.3) is 0 Å². The topological polar surface area (TPSA) is 70.7 Å². The lowest BCUT2D eigenvalue weighted by atomic mass is 10.1. The van der Waals surface area contributed by atoms with Gasteiger partial charge in [-0.2, -0.15) is 0 Å². The second-order valence-corrected chi connectivity index (χ2v) is 5.92. The second kappa shape index (κ2) is 8.11.